The molecule has 0 saturated heterocycles. The second-order valence-corrected chi connectivity index (χ2v) is 4.91. The Balaban J connectivity index is -0.000000225. The van der Waals surface area contributed by atoms with Crippen LogP contribution in [0.2, 0.25) is 0 Å². The average Bonchev–Trinajstić information content (AvgIpc) is 2.73. The van der Waals surface area contributed by atoms with Gasteiger partial charge in [-0.1, -0.05) is 27.7 Å². The van der Waals surface area contributed by atoms with E-state index in [2.05, 4.69) is 64.2 Å². The molecule has 2 aliphatic rings. The zero-order valence-corrected chi connectivity index (χ0v) is 15.4. The molecular formula is C15H20Cl2Zr. The molecule has 0 fully saturated rings. The minimum Gasteiger partial charge on any atom is -1.00 e. The third kappa shape index (κ3) is 9.37. The van der Waals surface area contributed by atoms with Gasteiger partial charge in [0.1, 0.15) is 0 Å². The van der Waals surface area contributed by atoms with Gasteiger partial charge in [-0.3, -0.25) is 12.2 Å². The minimum atomic E-state index is 0. The first-order valence-corrected chi connectivity index (χ1v) is 5.52. The summed E-state index contributed by atoms with van der Waals surface area (Å²) in [4.78, 5) is 0. The van der Waals surface area contributed by atoms with Crippen molar-refractivity contribution in [1.82, 2.24) is 0 Å². The molecule has 0 amide bonds. The largest absolute Gasteiger partial charge is 4.00 e. The van der Waals surface area contributed by atoms with Crippen LogP contribution in [0.4, 0.5) is 0 Å². The molecule has 2 aliphatic carbocycles. The summed E-state index contributed by atoms with van der Waals surface area (Å²) in [5.41, 5.74) is 2.92. The van der Waals surface area contributed by atoms with Crippen molar-refractivity contribution in [2.75, 3.05) is 0 Å². The predicted octanol–water partition coefficient (Wildman–Crippen LogP) is -1.58. The van der Waals surface area contributed by atoms with Crippen LogP contribution in [-0.2, 0) is 26.2 Å². The zero-order chi connectivity index (χ0) is 11.3. The first kappa shape index (κ1) is 23.5. The summed E-state index contributed by atoms with van der Waals surface area (Å²) < 4.78 is 0. The topological polar surface area (TPSA) is 0 Å². The van der Waals surface area contributed by atoms with Crippen LogP contribution in [0.1, 0.15) is 40.5 Å². The van der Waals surface area contributed by atoms with Gasteiger partial charge in [-0.05, 0) is 5.41 Å². The molecule has 3 heteroatoms. The SMILES string of the molecule is CC(C)(C)C1=[C-]CC=C1.CC1=[C-]CC=C1.[Cl-].[Cl-].[Zr+4]. The number of halogens is 2. The van der Waals surface area contributed by atoms with Gasteiger partial charge in [0, 0.05) is 0 Å². The third-order valence-electron chi connectivity index (χ3n) is 2.37. The molecule has 18 heavy (non-hydrogen) atoms. The molecule has 0 aromatic heterocycles. The maximum absolute atomic E-state index is 3.30. The molecular weight excluding hydrogens is 342 g/mol. The molecule has 2 rings (SSSR count). The second-order valence-electron chi connectivity index (χ2n) is 4.91. The van der Waals surface area contributed by atoms with Gasteiger partial charge in [-0.15, -0.1) is 12.8 Å². The maximum atomic E-state index is 3.30. The van der Waals surface area contributed by atoms with E-state index in [-0.39, 0.29) is 51.0 Å². The van der Waals surface area contributed by atoms with Crippen LogP contribution in [0.15, 0.2) is 35.5 Å². The first-order valence-electron chi connectivity index (χ1n) is 5.52. The average molecular weight is 362 g/mol. The summed E-state index contributed by atoms with van der Waals surface area (Å²) in [6.07, 6.45) is 17.0. The summed E-state index contributed by atoms with van der Waals surface area (Å²) in [6.45, 7) is 8.70. The van der Waals surface area contributed by atoms with Gasteiger partial charge in [0.25, 0.3) is 0 Å². The van der Waals surface area contributed by atoms with Gasteiger partial charge < -0.3 is 24.8 Å². The molecule has 0 aromatic rings. The monoisotopic (exact) mass is 360 g/mol. The van der Waals surface area contributed by atoms with Crippen molar-refractivity contribution in [1.29, 1.82) is 0 Å². The minimum absolute atomic E-state index is 0. The van der Waals surface area contributed by atoms with Gasteiger partial charge in [0.2, 0.25) is 0 Å². The molecule has 0 N–H and O–H groups in total. The molecule has 0 radical (unpaired) electrons. The van der Waals surface area contributed by atoms with Crippen LogP contribution < -0.4 is 24.8 Å². The molecule has 0 nitrogen and oxygen atoms in total. The quantitative estimate of drug-likeness (QED) is 0.457. The number of allylic oxidation sites excluding steroid dienone is 8. The van der Waals surface area contributed by atoms with Gasteiger partial charge in [0.05, 0.1) is 0 Å². The summed E-state index contributed by atoms with van der Waals surface area (Å²) >= 11 is 0. The van der Waals surface area contributed by atoms with E-state index in [4.69, 9.17) is 0 Å². The van der Waals surface area contributed by atoms with Gasteiger partial charge in [-0.25, -0.2) is 23.3 Å². The second kappa shape index (κ2) is 11.3. The van der Waals surface area contributed by atoms with Gasteiger partial charge >= 0.3 is 26.2 Å². The number of rotatable bonds is 0. The molecule has 0 spiro atoms. The Morgan fingerprint density at radius 1 is 0.944 bits per heavy atom. The Kier molecular flexibility index (Phi) is 14.7. The normalized spacial score (nSPS) is 15.3. The van der Waals surface area contributed by atoms with Crippen LogP contribution in [0.3, 0.4) is 0 Å². The Morgan fingerprint density at radius 2 is 1.44 bits per heavy atom. The van der Waals surface area contributed by atoms with E-state index in [9.17, 15) is 0 Å². The van der Waals surface area contributed by atoms with Crippen molar-refractivity contribution in [3.8, 4) is 0 Å². The fourth-order valence-corrected chi connectivity index (χ4v) is 1.43. The predicted molar refractivity (Wildman–Crippen MR) is 66.2 cm³/mol. The molecule has 98 valence electrons. The molecule has 0 aliphatic heterocycles. The van der Waals surface area contributed by atoms with Gasteiger partial charge in [-0.2, -0.15) is 12.2 Å². The summed E-state index contributed by atoms with van der Waals surface area (Å²) in [6, 6.07) is 0. The van der Waals surface area contributed by atoms with Crippen molar-refractivity contribution >= 4 is 0 Å². The standard InChI is InChI=1S/C9H13.C6H7.2ClH.Zr/c1-9(2,3)8-6-4-5-7-8;1-6-4-2-3-5-6;;;/h4,6H,5H2,1-3H3;2,4H,3H2,1H3;2*1H;/q2*-1;;;+4/p-2. The maximum Gasteiger partial charge on any atom is 4.00 e. The Hall–Kier alpha value is 0.423. The Labute approximate surface area is 144 Å². The van der Waals surface area contributed by atoms with Crippen molar-refractivity contribution in [3.63, 3.8) is 0 Å². The van der Waals surface area contributed by atoms with E-state index in [0.29, 0.717) is 5.41 Å². The zero-order valence-electron chi connectivity index (χ0n) is 11.5. The van der Waals surface area contributed by atoms with E-state index in [1.54, 1.807) is 0 Å². The first-order chi connectivity index (χ1) is 7.00. The molecule has 0 heterocycles. The van der Waals surface area contributed by atoms with Crippen molar-refractivity contribution in [2.45, 2.75) is 40.5 Å². The third-order valence-corrected chi connectivity index (χ3v) is 2.37. The molecule has 0 atom stereocenters. The van der Waals surface area contributed by atoms with Crippen molar-refractivity contribution < 1.29 is 51.0 Å². The molecule has 0 bridgehead atoms. The van der Waals surface area contributed by atoms with Crippen LogP contribution in [0.5, 0.6) is 0 Å². The van der Waals surface area contributed by atoms with Crippen molar-refractivity contribution in [3.05, 3.63) is 47.6 Å². The Bertz CT molecular complexity index is 328. The fourth-order valence-electron chi connectivity index (χ4n) is 1.43. The van der Waals surface area contributed by atoms with Crippen LogP contribution in [0.25, 0.3) is 0 Å². The molecule has 0 saturated carbocycles. The van der Waals surface area contributed by atoms with E-state index >= 15 is 0 Å². The fraction of sp³-hybridized carbons (Fsp3) is 0.467. The van der Waals surface area contributed by atoms with Crippen LogP contribution in [0, 0.1) is 17.6 Å². The summed E-state index contributed by atoms with van der Waals surface area (Å²) in [5, 5.41) is 0. The summed E-state index contributed by atoms with van der Waals surface area (Å²) in [7, 11) is 0. The van der Waals surface area contributed by atoms with Crippen LogP contribution >= 0.6 is 0 Å². The van der Waals surface area contributed by atoms with Crippen molar-refractivity contribution in [2.24, 2.45) is 5.41 Å². The van der Waals surface area contributed by atoms with E-state index in [1.807, 2.05) is 0 Å². The molecule has 0 aromatic carbocycles. The van der Waals surface area contributed by atoms with Gasteiger partial charge in [0.15, 0.2) is 0 Å². The number of hydrogen-bond acceptors (Lipinski definition) is 0. The van der Waals surface area contributed by atoms with E-state index in [0.717, 1.165) is 12.8 Å². The van der Waals surface area contributed by atoms with E-state index < -0.39 is 0 Å². The number of hydrogen-bond donors (Lipinski definition) is 0. The molecule has 0 unspecified atom stereocenters. The summed E-state index contributed by atoms with van der Waals surface area (Å²) in [5.74, 6) is 0. The Morgan fingerprint density at radius 3 is 1.61 bits per heavy atom. The van der Waals surface area contributed by atoms with Crippen LogP contribution in [-0.4, -0.2) is 0 Å². The van der Waals surface area contributed by atoms with E-state index in [1.165, 1.54) is 11.1 Å². The smallest absolute Gasteiger partial charge is 1.00 e.